The van der Waals surface area contributed by atoms with Gasteiger partial charge in [-0.15, -0.1) is 0 Å². The first-order valence-electron chi connectivity index (χ1n) is 4.91. The van der Waals surface area contributed by atoms with Gasteiger partial charge < -0.3 is 0 Å². The zero-order valence-corrected chi connectivity index (χ0v) is 8.56. The second-order valence-electron chi connectivity index (χ2n) is 4.05. The lowest BCUT2D eigenvalue weighted by Gasteiger charge is -2.17. The SMILES string of the molecule is [CH2]C(C)C(C)CCC(C)CC. The topological polar surface area (TPSA) is 0 Å². The van der Waals surface area contributed by atoms with Crippen molar-refractivity contribution >= 4 is 0 Å². The molecule has 3 unspecified atom stereocenters. The zero-order valence-electron chi connectivity index (χ0n) is 8.56. The molecule has 0 fully saturated rings. The largest absolute Gasteiger partial charge is 0.0651 e. The van der Waals surface area contributed by atoms with Gasteiger partial charge in [0.25, 0.3) is 0 Å². The molecule has 0 rings (SSSR count). The predicted molar refractivity (Wildman–Crippen MR) is 52.4 cm³/mol. The van der Waals surface area contributed by atoms with Crippen molar-refractivity contribution in [1.82, 2.24) is 0 Å². The molecule has 0 heteroatoms. The molecule has 0 amide bonds. The van der Waals surface area contributed by atoms with Crippen LogP contribution in [0.3, 0.4) is 0 Å². The van der Waals surface area contributed by atoms with E-state index in [2.05, 4.69) is 34.6 Å². The Morgan fingerprint density at radius 1 is 1.09 bits per heavy atom. The summed E-state index contributed by atoms with van der Waals surface area (Å²) in [5.74, 6) is 2.30. The Bertz CT molecular complexity index is 84.0. The summed E-state index contributed by atoms with van der Waals surface area (Å²) in [5.41, 5.74) is 0. The van der Waals surface area contributed by atoms with Gasteiger partial charge in [0, 0.05) is 0 Å². The van der Waals surface area contributed by atoms with Crippen LogP contribution in [0.25, 0.3) is 0 Å². The minimum atomic E-state index is 0.610. The summed E-state index contributed by atoms with van der Waals surface area (Å²) in [6.45, 7) is 13.2. The molecule has 1 radical (unpaired) electrons. The molecule has 67 valence electrons. The highest BCUT2D eigenvalue weighted by Gasteiger charge is 2.08. The summed E-state index contributed by atoms with van der Waals surface area (Å²) in [6, 6.07) is 0. The van der Waals surface area contributed by atoms with E-state index in [0.29, 0.717) is 5.92 Å². The zero-order chi connectivity index (χ0) is 8.85. The van der Waals surface area contributed by atoms with Gasteiger partial charge in [0.05, 0.1) is 0 Å². The van der Waals surface area contributed by atoms with E-state index in [1.165, 1.54) is 19.3 Å². The second kappa shape index (κ2) is 5.62. The molecule has 0 bridgehead atoms. The average molecular weight is 155 g/mol. The molecular weight excluding hydrogens is 132 g/mol. The first-order chi connectivity index (χ1) is 5.07. The molecule has 0 aromatic heterocycles. The van der Waals surface area contributed by atoms with E-state index in [1.807, 2.05) is 0 Å². The van der Waals surface area contributed by atoms with E-state index < -0.39 is 0 Å². The van der Waals surface area contributed by atoms with Crippen molar-refractivity contribution in [1.29, 1.82) is 0 Å². The Kier molecular flexibility index (Phi) is 5.62. The van der Waals surface area contributed by atoms with Crippen LogP contribution < -0.4 is 0 Å². The molecule has 0 saturated carbocycles. The molecule has 0 aliphatic heterocycles. The lowest BCUT2D eigenvalue weighted by Crippen LogP contribution is -2.06. The highest BCUT2D eigenvalue weighted by atomic mass is 14.1. The lowest BCUT2D eigenvalue weighted by atomic mass is 9.89. The highest BCUT2D eigenvalue weighted by molar-refractivity contribution is 4.64. The Hall–Kier alpha value is 0. The third-order valence-electron chi connectivity index (χ3n) is 2.78. The van der Waals surface area contributed by atoms with E-state index in [-0.39, 0.29) is 0 Å². The highest BCUT2D eigenvalue weighted by Crippen LogP contribution is 2.19. The Labute approximate surface area is 72.4 Å². The number of hydrogen-bond donors (Lipinski definition) is 0. The van der Waals surface area contributed by atoms with Crippen LogP contribution in [0.2, 0.25) is 0 Å². The maximum absolute atomic E-state index is 4.04. The van der Waals surface area contributed by atoms with Gasteiger partial charge in [-0.05, 0) is 17.8 Å². The molecular formula is C11H23. The van der Waals surface area contributed by atoms with E-state index >= 15 is 0 Å². The minimum absolute atomic E-state index is 0.610. The lowest BCUT2D eigenvalue weighted by molar-refractivity contribution is 0.368. The van der Waals surface area contributed by atoms with Crippen molar-refractivity contribution in [2.24, 2.45) is 17.8 Å². The van der Waals surface area contributed by atoms with Gasteiger partial charge in [0.1, 0.15) is 0 Å². The monoisotopic (exact) mass is 155 g/mol. The molecule has 0 saturated heterocycles. The van der Waals surface area contributed by atoms with Crippen LogP contribution in [0.15, 0.2) is 0 Å². The van der Waals surface area contributed by atoms with Gasteiger partial charge in [-0.2, -0.15) is 0 Å². The van der Waals surface area contributed by atoms with Gasteiger partial charge in [-0.1, -0.05) is 53.9 Å². The van der Waals surface area contributed by atoms with Gasteiger partial charge in [-0.25, -0.2) is 0 Å². The van der Waals surface area contributed by atoms with Crippen LogP contribution in [0, 0.1) is 24.7 Å². The minimum Gasteiger partial charge on any atom is -0.0651 e. The van der Waals surface area contributed by atoms with Crippen molar-refractivity contribution in [3.05, 3.63) is 6.92 Å². The normalized spacial score (nSPS) is 16.9. The van der Waals surface area contributed by atoms with Crippen molar-refractivity contribution in [3.8, 4) is 0 Å². The summed E-state index contributed by atoms with van der Waals surface area (Å²) in [4.78, 5) is 0. The van der Waals surface area contributed by atoms with Gasteiger partial charge in [-0.3, -0.25) is 0 Å². The molecule has 0 aromatic carbocycles. The van der Waals surface area contributed by atoms with Crippen LogP contribution in [0.1, 0.15) is 47.0 Å². The Balaban J connectivity index is 3.37. The standard InChI is InChI=1S/C11H23/c1-6-10(4)7-8-11(5)9(2)3/h9-11H,2,6-8H2,1,3-5H3. The van der Waals surface area contributed by atoms with Crippen LogP contribution in [0.4, 0.5) is 0 Å². The van der Waals surface area contributed by atoms with Crippen molar-refractivity contribution in [2.45, 2.75) is 47.0 Å². The smallest absolute Gasteiger partial charge is 0.0417 e. The summed E-state index contributed by atoms with van der Waals surface area (Å²) in [5, 5.41) is 0. The molecule has 0 heterocycles. The first kappa shape index (κ1) is 11.0. The van der Waals surface area contributed by atoms with Crippen LogP contribution >= 0.6 is 0 Å². The van der Waals surface area contributed by atoms with Crippen LogP contribution in [0.5, 0.6) is 0 Å². The molecule has 0 N–H and O–H groups in total. The molecule has 11 heavy (non-hydrogen) atoms. The molecule has 0 spiro atoms. The number of hydrogen-bond acceptors (Lipinski definition) is 0. The second-order valence-corrected chi connectivity index (χ2v) is 4.05. The van der Waals surface area contributed by atoms with Crippen LogP contribution in [-0.4, -0.2) is 0 Å². The third kappa shape index (κ3) is 5.29. The summed E-state index contributed by atoms with van der Waals surface area (Å²) in [6.07, 6.45) is 4.04. The molecule has 0 aliphatic carbocycles. The van der Waals surface area contributed by atoms with Crippen molar-refractivity contribution < 1.29 is 0 Å². The molecule has 0 aliphatic rings. The van der Waals surface area contributed by atoms with Gasteiger partial charge >= 0.3 is 0 Å². The van der Waals surface area contributed by atoms with Gasteiger partial charge in [0.2, 0.25) is 0 Å². The fourth-order valence-electron chi connectivity index (χ4n) is 1.04. The van der Waals surface area contributed by atoms with Crippen molar-refractivity contribution in [3.63, 3.8) is 0 Å². The quantitative estimate of drug-likeness (QED) is 0.564. The molecule has 3 atom stereocenters. The summed E-state index contributed by atoms with van der Waals surface area (Å²) >= 11 is 0. The summed E-state index contributed by atoms with van der Waals surface area (Å²) < 4.78 is 0. The Morgan fingerprint density at radius 2 is 1.64 bits per heavy atom. The predicted octanol–water partition coefficient (Wildman–Crippen LogP) is 3.92. The fraction of sp³-hybridized carbons (Fsp3) is 0.909. The molecule has 0 nitrogen and oxygen atoms in total. The van der Waals surface area contributed by atoms with E-state index in [9.17, 15) is 0 Å². The number of rotatable bonds is 5. The van der Waals surface area contributed by atoms with E-state index in [1.54, 1.807) is 0 Å². The first-order valence-corrected chi connectivity index (χ1v) is 4.91. The van der Waals surface area contributed by atoms with E-state index in [0.717, 1.165) is 11.8 Å². The van der Waals surface area contributed by atoms with E-state index in [4.69, 9.17) is 0 Å². The molecule has 0 aromatic rings. The Morgan fingerprint density at radius 3 is 2.00 bits per heavy atom. The van der Waals surface area contributed by atoms with Crippen molar-refractivity contribution in [2.75, 3.05) is 0 Å². The fourth-order valence-corrected chi connectivity index (χ4v) is 1.04. The summed E-state index contributed by atoms with van der Waals surface area (Å²) in [7, 11) is 0. The van der Waals surface area contributed by atoms with Gasteiger partial charge in [0.15, 0.2) is 0 Å². The maximum atomic E-state index is 4.04. The third-order valence-corrected chi connectivity index (χ3v) is 2.78. The average Bonchev–Trinajstić information content (AvgIpc) is 1.99. The van der Waals surface area contributed by atoms with Crippen LogP contribution in [-0.2, 0) is 0 Å². The maximum Gasteiger partial charge on any atom is -0.0417 e.